The van der Waals surface area contributed by atoms with Crippen molar-refractivity contribution in [1.29, 1.82) is 0 Å². The smallest absolute Gasteiger partial charge is 0.323 e. The third-order valence-corrected chi connectivity index (χ3v) is 4.41. The van der Waals surface area contributed by atoms with Gasteiger partial charge in [-0.15, -0.1) is 0 Å². The van der Waals surface area contributed by atoms with Crippen molar-refractivity contribution in [3.63, 3.8) is 0 Å². The lowest BCUT2D eigenvalue weighted by atomic mass is 9.75. The maximum Gasteiger partial charge on any atom is 0.323 e. The summed E-state index contributed by atoms with van der Waals surface area (Å²) in [5.41, 5.74) is -0.446. The first-order chi connectivity index (χ1) is 8.85. The summed E-state index contributed by atoms with van der Waals surface area (Å²) in [5.74, 6) is -0.752. The number of aliphatic carboxylic acids is 1. The number of nitrogens with zero attached hydrogens (tertiary/aromatic N) is 1. The second-order valence-electron chi connectivity index (χ2n) is 5.82. The van der Waals surface area contributed by atoms with Crippen molar-refractivity contribution < 1.29 is 14.7 Å². The minimum atomic E-state index is -0.946. The summed E-state index contributed by atoms with van der Waals surface area (Å²) in [5, 5.41) is 12.3. The molecule has 0 aromatic carbocycles. The van der Waals surface area contributed by atoms with Crippen molar-refractivity contribution in [2.24, 2.45) is 11.3 Å². The minimum Gasteiger partial charge on any atom is -0.480 e. The van der Waals surface area contributed by atoms with Crippen molar-refractivity contribution in [2.75, 3.05) is 19.6 Å². The van der Waals surface area contributed by atoms with Crippen LogP contribution in [-0.2, 0) is 9.59 Å². The van der Waals surface area contributed by atoms with Gasteiger partial charge in [-0.25, -0.2) is 0 Å². The van der Waals surface area contributed by atoms with E-state index in [0.29, 0.717) is 6.54 Å². The van der Waals surface area contributed by atoms with Gasteiger partial charge in [-0.3, -0.25) is 9.59 Å². The molecule has 1 fully saturated rings. The Morgan fingerprint density at radius 2 is 2.00 bits per heavy atom. The summed E-state index contributed by atoms with van der Waals surface area (Å²) in [7, 11) is 0. The quantitative estimate of drug-likeness (QED) is 0.764. The van der Waals surface area contributed by atoms with Crippen molar-refractivity contribution in [1.82, 2.24) is 10.2 Å². The Labute approximate surface area is 115 Å². The zero-order valence-electron chi connectivity index (χ0n) is 12.4. The maximum atomic E-state index is 12.9. The summed E-state index contributed by atoms with van der Waals surface area (Å²) >= 11 is 0. The van der Waals surface area contributed by atoms with Crippen LogP contribution in [0.3, 0.4) is 0 Å². The van der Waals surface area contributed by atoms with Gasteiger partial charge >= 0.3 is 5.97 Å². The molecule has 0 saturated carbocycles. The van der Waals surface area contributed by atoms with Crippen molar-refractivity contribution in [3.05, 3.63) is 0 Å². The number of nitrogens with one attached hydrogen (secondary N) is 1. The lowest BCUT2D eigenvalue weighted by Crippen LogP contribution is -2.52. The number of carbonyl (C=O) groups is 2. The Bertz CT molecular complexity index is 336. The monoisotopic (exact) mass is 270 g/mol. The molecule has 19 heavy (non-hydrogen) atoms. The molecule has 0 radical (unpaired) electrons. The Kier molecular flexibility index (Phi) is 5.35. The van der Waals surface area contributed by atoms with E-state index < -0.39 is 11.4 Å². The fraction of sp³-hybridized carbons (Fsp3) is 0.857. The van der Waals surface area contributed by atoms with E-state index in [-0.39, 0.29) is 24.4 Å². The second-order valence-corrected chi connectivity index (χ2v) is 5.82. The lowest BCUT2D eigenvalue weighted by molar-refractivity contribution is -0.153. The van der Waals surface area contributed by atoms with Gasteiger partial charge in [0.05, 0.1) is 5.41 Å². The zero-order valence-corrected chi connectivity index (χ0v) is 12.4. The second kappa shape index (κ2) is 6.37. The molecule has 0 aliphatic carbocycles. The van der Waals surface area contributed by atoms with E-state index in [1.54, 1.807) is 0 Å². The first-order valence-electron chi connectivity index (χ1n) is 7.08. The molecular weight excluding hydrogens is 244 g/mol. The first kappa shape index (κ1) is 16.0. The van der Waals surface area contributed by atoms with Gasteiger partial charge in [0.25, 0.3) is 0 Å². The van der Waals surface area contributed by atoms with E-state index in [2.05, 4.69) is 5.32 Å². The fourth-order valence-electron chi connectivity index (χ4n) is 2.71. The Morgan fingerprint density at radius 3 is 2.37 bits per heavy atom. The molecule has 1 aliphatic rings. The van der Waals surface area contributed by atoms with Crippen LogP contribution in [0.4, 0.5) is 0 Å². The van der Waals surface area contributed by atoms with E-state index in [4.69, 9.17) is 5.11 Å². The van der Waals surface area contributed by atoms with Gasteiger partial charge in [0.2, 0.25) is 5.91 Å². The molecule has 1 rings (SSSR count). The molecule has 0 aromatic heterocycles. The molecule has 5 heteroatoms. The number of carboxylic acid groups (broad SMARTS) is 1. The standard InChI is InChI=1S/C14H26N2O3/c1-5-11(4)16(8-12(17)18)13(19)14(10(2)3)6-7-15-9-14/h10-11,15H,5-9H2,1-4H3,(H,17,18). The SMILES string of the molecule is CCC(C)N(CC(=O)O)C(=O)C1(C(C)C)CCNC1. The van der Waals surface area contributed by atoms with Crippen molar-refractivity contribution in [3.8, 4) is 0 Å². The Morgan fingerprint density at radius 1 is 1.37 bits per heavy atom. The number of hydrogen-bond donors (Lipinski definition) is 2. The number of amides is 1. The molecule has 2 N–H and O–H groups in total. The van der Waals surface area contributed by atoms with Crippen LogP contribution in [0.25, 0.3) is 0 Å². The number of hydrogen-bond acceptors (Lipinski definition) is 3. The number of carboxylic acids is 1. The molecule has 0 spiro atoms. The lowest BCUT2D eigenvalue weighted by Gasteiger charge is -2.38. The van der Waals surface area contributed by atoms with Crippen molar-refractivity contribution in [2.45, 2.75) is 46.6 Å². The zero-order chi connectivity index (χ0) is 14.6. The van der Waals surface area contributed by atoms with E-state index in [1.807, 2.05) is 27.7 Å². The number of rotatable bonds is 6. The highest BCUT2D eigenvalue weighted by Crippen LogP contribution is 2.36. The van der Waals surface area contributed by atoms with Gasteiger partial charge < -0.3 is 15.3 Å². The van der Waals surface area contributed by atoms with E-state index >= 15 is 0 Å². The topological polar surface area (TPSA) is 69.6 Å². The minimum absolute atomic E-state index is 0.00995. The average molecular weight is 270 g/mol. The highest BCUT2D eigenvalue weighted by atomic mass is 16.4. The van der Waals surface area contributed by atoms with Crippen molar-refractivity contribution >= 4 is 11.9 Å². The van der Waals surface area contributed by atoms with Crippen LogP contribution in [-0.4, -0.2) is 47.6 Å². The van der Waals surface area contributed by atoms with Crippen LogP contribution < -0.4 is 5.32 Å². The molecule has 110 valence electrons. The Balaban J connectivity index is 2.99. The van der Waals surface area contributed by atoms with Crippen LogP contribution in [0, 0.1) is 11.3 Å². The van der Waals surface area contributed by atoms with Gasteiger partial charge in [-0.05, 0) is 32.2 Å². The predicted octanol–water partition coefficient (Wildman–Crippen LogP) is 1.33. The molecule has 1 aliphatic heterocycles. The van der Waals surface area contributed by atoms with Gasteiger partial charge in [-0.1, -0.05) is 20.8 Å². The molecular formula is C14H26N2O3. The Hall–Kier alpha value is -1.10. The molecule has 1 heterocycles. The summed E-state index contributed by atoms with van der Waals surface area (Å²) in [6, 6.07) is -0.0418. The molecule has 1 amide bonds. The van der Waals surface area contributed by atoms with Gasteiger partial charge in [0.15, 0.2) is 0 Å². The highest BCUT2D eigenvalue weighted by Gasteiger charge is 2.47. The van der Waals surface area contributed by atoms with Crippen LogP contribution in [0.2, 0.25) is 0 Å². The number of carbonyl (C=O) groups excluding carboxylic acids is 1. The summed E-state index contributed by atoms with van der Waals surface area (Å²) in [6.07, 6.45) is 1.55. The molecule has 0 aromatic rings. The summed E-state index contributed by atoms with van der Waals surface area (Å²) in [4.78, 5) is 25.4. The third-order valence-electron chi connectivity index (χ3n) is 4.41. The van der Waals surface area contributed by atoms with Gasteiger partial charge in [-0.2, -0.15) is 0 Å². The normalized spacial score (nSPS) is 24.5. The summed E-state index contributed by atoms with van der Waals surface area (Å²) < 4.78 is 0. The average Bonchev–Trinajstić information content (AvgIpc) is 2.84. The van der Waals surface area contributed by atoms with Gasteiger partial charge in [0.1, 0.15) is 6.54 Å². The third kappa shape index (κ3) is 3.26. The summed E-state index contributed by atoms with van der Waals surface area (Å²) in [6.45, 7) is 9.24. The largest absolute Gasteiger partial charge is 0.480 e. The molecule has 2 unspecified atom stereocenters. The van der Waals surface area contributed by atoms with E-state index in [9.17, 15) is 9.59 Å². The maximum absolute atomic E-state index is 12.9. The predicted molar refractivity (Wildman–Crippen MR) is 73.9 cm³/mol. The molecule has 2 atom stereocenters. The van der Waals surface area contributed by atoms with Crippen LogP contribution in [0.1, 0.15) is 40.5 Å². The first-order valence-corrected chi connectivity index (χ1v) is 7.08. The van der Waals surface area contributed by atoms with Gasteiger partial charge in [0, 0.05) is 12.6 Å². The van der Waals surface area contributed by atoms with Crippen LogP contribution in [0.5, 0.6) is 0 Å². The van der Waals surface area contributed by atoms with Crippen LogP contribution in [0.15, 0.2) is 0 Å². The van der Waals surface area contributed by atoms with E-state index in [1.165, 1.54) is 4.90 Å². The fourth-order valence-corrected chi connectivity index (χ4v) is 2.71. The molecule has 1 saturated heterocycles. The highest BCUT2D eigenvalue weighted by molar-refractivity contribution is 5.87. The molecule has 5 nitrogen and oxygen atoms in total. The van der Waals surface area contributed by atoms with Crippen LogP contribution >= 0.6 is 0 Å². The van der Waals surface area contributed by atoms with E-state index in [0.717, 1.165) is 19.4 Å². The molecule has 0 bridgehead atoms.